The SMILES string of the molecule is CNc1nc(-c2cccnc2)nc2ccc(-c3cccc(OCc4ccc5c(c4)NC(=O)OC5)c3)cc12. The van der Waals surface area contributed by atoms with Gasteiger partial charge < -0.3 is 14.8 Å². The van der Waals surface area contributed by atoms with Gasteiger partial charge in [-0.25, -0.2) is 14.8 Å². The molecule has 8 heteroatoms. The van der Waals surface area contributed by atoms with Crippen LogP contribution in [0.15, 0.2) is 85.2 Å². The van der Waals surface area contributed by atoms with Crippen molar-refractivity contribution in [3.63, 3.8) is 0 Å². The van der Waals surface area contributed by atoms with Crippen LogP contribution >= 0.6 is 0 Å². The summed E-state index contributed by atoms with van der Waals surface area (Å²) in [5, 5.41) is 6.86. The lowest BCUT2D eigenvalue weighted by Crippen LogP contribution is -2.20. The summed E-state index contributed by atoms with van der Waals surface area (Å²) in [6, 6.07) is 23.8. The maximum absolute atomic E-state index is 11.5. The number of ether oxygens (including phenoxy) is 2. The number of carbonyl (C=O) groups is 1. The first-order valence-corrected chi connectivity index (χ1v) is 11.8. The highest BCUT2D eigenvalue weighted by molar-refractivity contribution is 5.94. The molecular formula is C29H23N5O3. The normalized spacial score (nSPS) is 12.4. The number of aromatic nitrogens is 3. The van der Waals surface area contributed by atoms with Crippen molar-refractivity contribution in [2.45, 2.75) is 13.2 Å². The lowest BCUT2D eigenvalue weighted by Gasteiger charge is -2.18. The summed E-state index contributed by atoms with van der Waals surface area (Å²) in [5.74, 6) is 2.13. The van der Waals surface area contributed by atoms with Gasteiger partial charge in [-0.1, -0.05) is 30.3 Å². The van der Waals surface area contributed by atoms with Crippen molar-refractivity contribution >= 4 is 28.5 Å². The molecule has 2 aromatic heterocycles. The molecule has 0 atom stereocenters. The monoisotopic (exact) mass is 489 g/mol. The van der Waals surface area contributed by atoms with E-state index in [1.54, 1.807) is 12.4 Å². The van der Waals surface area contributed by atoms with Gasteiger partial charge in [-0.15, -0.1) is 0 Å². The van der Waals surface area contributed by atoms with E-state index in [-0.39, 0.29) is 6.61 Å². The number of fused-ring (bicyclic) bond motifs is 2. The van der Waals surface area contributed by atoms with E-state index in [1.807, 2.05) is 67.7 Å². The van der Waals surface area contributed by atoms with Gasteiger partial charge in [0.2, 0.25) is 0 Å². The Balaban J connectivity index is 1.25. The third kappa shape index (κ3) is 4.64. The van der Waals surface area contributed by atoms with Crippen molar-refractivity contribution in [2.75, 3.05) is 17.7 Å². The lowest BCUT2D eigenvalue weighted by molar-refractivity contribution is 0.151. The summed E-state index contributed by atoms with van der Waals surface area (Å²) >= 11 is 0. The van der Waals surface area contributed by atoms with Gasteiger partial charge in [0.05, 0.1) is 11.2 Å². The predicted molar refractivity (Wildman–Crippen MR) is 142 cm³/mol. The minimum absolute atomic E-state index is 0.279. The smallest absolute Gasteiger partial charge is 0.411 e. The van der Waals surface area contributed by atoms with Crippen LogP contribution in [0, 0.1) is 0 Å². The Kier molecular flexibility index (Phi) is 5.82. The number of hydrogen-bond acceptors (Lipinski definition) is 7. The molecule has 1 aliphatic heterocycles. The van der Waals surface area contributed by atoms with E-state index in [9.17, 15) is 4.79 Å². The zero-order chi connectivity index (χ0) is 25.2. The largest absolute Gasteiger partial charge is 0.489 e. The van der Waals surface area contributed by atoms with Gasteiger partial charge in [0.15, 0.2) is 5.82 Å². The molecule has 0 unspecified atom stereocenters. The second-order valence-electron chi connectivity index (χ2n) is 8.63. The number of nitrogens with zero attached hydrogens (tertiary/aromatic N) is 3. The molecule has 37 heavy (non-hydrogen) atoms. The summed E-state index contributed by atoms with van der Waals surface area (Å²) in [6.45, 7) is 0.654. The van der Waals surface area contributed by atoms with Crippen molar-refractivity contribution in [1.82, 2.24) is 15.0 Å². The first-order chi connectivity index (χ1) is 18.2. The Labute approximate surface area is 213 Å². The average molecular weight is 490 g/mol. The molecule has 0 saturated heterocycles. The second kappa shape index (κ2) is 9.58. The van der Waals surface area contributed by atoms with Gasteiger partial charge in [-0.3, -0.25) is 10.3 Å². The Morgan fingerprint density at radius 3 is 2.73 bits per heavy atom. The summed E-state index contributed by atoms with van der Waals surface area (Å²) < 4.78 is 11.1. The minimum atomic E-state index is -0.436. The number of nitrogens with one attached hydrogen (secondary N) is 2. The molecule has 0 radical (unpaired) electrons. The minimum Gasteiger partial charge on any atom is -0.489 e. The Hall–Kier alpha value is -4.98. The number of rotatable bonds is 6. The zero-order valence-corrected chi connectivity index (χ0v) is 20.1. The third-order valence-corrected chi connectivity index (χ3v) is 6.19. The quantitative estimate of drug-likeness (QED) is 0.300. The van der Waals surface area contributed by atoms with E-state index in [2.05, 4.69) is 27.8 Å². The van der Waals surface area contributed by atoms with E-state index in [1.165, 1.54) is 0 Å². The third-order valence-electron chi connectivity index (χ3n) is 6.19. The number of cyclic esters (lactones) is 1. The molecule has 0 aliphatic carbocycles. The van der Waals surface area contributed by atoms with Crippen LogP contribution < -0.4 is 15.4 Å². The highest BCUT2D eigenvalue weighted by Gasteiger charge is 2.16. The fourth-order valence-electron chi connectivity index (χ4n) is 4.30. The van der Waals surface area contributed by atoms with Crippen molar-refractivity contribution in [3.05, 3.63) is 96.3 Å². The van der Waals surface area contributed by atoms with Crippen LogP contribution in [0.1, 0.15) is 11.1 Å². The zero-order valence-electron chi connectivity index (χ0n) is 20.1. The molecule has 0 bridgehead atoms. The van der Waals surface area contributed by atoms with E-state index in [4.69, 9.17) is 19.4 Å². The molecule has 5 aromatic rings. The van der Waals surface area contributed by atoms with Gasteiger partial charge in [0.25, 0.3) is 0 Å². The number of amides is 1. The molecule has 1 amide bonds. The topological polar surface area (TPSA) is 98.3 Å². The highest BCUT2D eigenvalue weighted by atomic mass is 16.5. The fourth-order valence-corrected chi connectivity index (χ4v) is 4.30. The predicted octanol–water partition coefficient (Wildman–Crippen LogP) is 6.04. The fraction of sp³-hybridized carbons (Fsp3) is 0.103. The van der Waals surface area contributed by atoms with Gasteiger partial charge in [-0.05, 0) is 59.2 Å². The maximum Gasteiger partial charge on any atom is 0.411 e. The number of pyridine rings is 1. The van der Waals surface area contributed by atoms with E-state index in [0.717, 1.165) is 56.0 Å². The standard InChI is InChI=1S/C29H23N5O3/c1-30-28-24-14-20(9-10-25(24)32-27(34-28)21-5-3-11-31-15-21)19-4-2-6-23(13-19)36-16-18-7-8-22-17-37-29(35)33-26(22)12-18/h2-15H,16-17H2,1H3,(H,33,35)(H,30,32,34). The van der Waals surface area contributed by atoms with Crippen molar-refractivity contribution in [3.8, 4) is 28.3 Å². The average Bonchev–Trinajstić information content (AvgIpc) is 2.95. The van der Waals surface area contributed by atoms with E-state index >= 15 is 0 Å². The maximum atomic E-state index is 11.5. The van der Waals surface area contributed by atoms with Gasteiger partial charge in [-0.2, -0.15) is 0 Å². The van der Waals surface area contributed by atoms with Crippen LogP contribution in [-0.4, -0.2) is 28.1 Å². The summed E-state index contributed by atoms with van der Waals surface area (Å²) in [6.07, 6.45) is 3.05. The molecular weight excluding hydrogens is 466 g/mol. The molecule has 0 saturated carbocycles. The molecule has 0 spiro atoms. The molecule has 3 aromatic carbocycles. The van der Waals surface area contributed by atoms with Crippen LogP contribution in [0.5, 0.6) is 5.75 Å². The van der Waals surface area contributed by atoms with Crippen LogP contribution in [0.2, 0.25) is 0 Å². The van der Waals surface area contributed by atoms with Gasteiger partial charge in [0.1, 0.15) is 24.8 Å². The Morgan fingerprint density at radius 2 is 1.86 bits per heavy atom. The number of benzene rings is 3. The van der Waals surface area contributed by atoms with Gasteiger partial charge >= 0.3 is 6.09 Å². The highest BCUT2D eigenvalue weighted by Crippen LogP contribution is 2.31. The molecule has 6 rings (SSSR count). The first kappa shape index (κ1) is 22.5. The van der Waals surface area contributed by atoms with Crippen molar-refractivity contribution in [1.29, 1.82) is 0 Å². The number of carbonyl (C=O) groups excluding carboxylic acids is 1. The van der Waals surface area contributed by atoms with E-state index in [0.29, 0.717) is 12.4 Å². The van der Waals surface area contributed by atoms with Crippen LogP contribution in [0.3, 0.4) is 0 Å². The second-order valence-corrected chi connectivity index (χ2v) is 8.63. The molecule has 2 N–H and O–H groups in total. The van der Waals surface area contributed by atoms with Crippen LogP contribution in [0.25, 0.3) is 33.4 Å². The lowest BCUT2D eigenvalue weighted by atomic mass is 10.0. The molecule has 1 aliphatic rings. The summed E-state index contributed by atoms with van der Waals surface area (Å²) in [4.78, 5) is 25.2. The molecule has 3 heterocycles. The Bertz CT molecular complexity index is 1620. The number of hydrogen-bond donors (Lipinski definition) is 2. The van der Waals surface area contributed by atoms with E-state index < -0.39 is 6.09 Å². The summed E-state index contributed by atoms with van der Waals surface area (Å²) in [7, 11) is 1.86. The molecule has 0 fully saturated rings. The number of anilines is 2. The van der Waals surface area contributed by atoms with Crippen LogP contribution in [0.4, 0.5) is 16.3 Å². The Morgan fingerprint density at radius 1 is 0.973 bits per heavy atom. The van der Waals surface area contributed by atoms with Crippen molar-refractivity contribution < 1.29 is 14.3 Å². The van der Waals surface area contributed by atoms with Crippen molar-refractivity contribution in [2.24, 2.45) is 0 Å². The summed E-state index contributed by atoms with van der Waals surface area (Å²) in [5.41, 5.74) is 6.42. The molecule has 182 valence electrons. The molecule has 8 nitrogen and oxygen atoms in total. The van der Waals surface area contributed by atoms with Crippen LogP contribution in [-0.2, 0) is 18.0 Å². The van der Waals surface area contributed by atoms with Gasteiger partial charge in [0, 0.05) is 36.0 Å². The first-order valence-electron chi connectivity index (χ1n) is 11.8.